The summed E-state index contributed by atoms with van der Waals surface area (Å²) >= 11 is 1.84. The van der Waals surface area contributed by atoms with Crippen LogP contribution in [0.5, 0.6) is 0 Å². The zero-order chi connectivity index (χ0) is 17.7. The summed E-state index contributed by atoms with van der Waals surface area (Å²) in [5, 5.41) is 2.16. The van der Waals surface area contributed by atoms with Crippen LogP contribution in [-0.2, 0) is 24.3 Å². The molecule has 0 aliphatic carbocycles. The van der Waals surface area contributed by atoms with Gasteiger partial charge in [-0.05, 0) is 35.6 Å². The Morgan fingerprint density at radius 3 is 2.96 bits per heavy atom. The number of hydrogen-bond donors (Lipinski definition) is 0. The lowest BCUT2D eigenvalue weighted by Gasteiger charge is -2.46. The van der Waals surface area contributed by atoms with E-state index < -0.39 is 5.76 Å². The van der Waals surface area contributed by atoms with Gasteiger partial charge in [0.25, 0.3) is 0 Å². The van der Waals surface area contributed by atoms with Gasteiger partial charge in [0.1, 0.15) is 6.54 Å². The van der Waals surface area contributed by atoms with Crippen LogP contribution in [0, 0.1) is 0 Å². The summed E-state index contributed by atoms with van der Waals surface area (Å²) < 4.78 is 6.62. The Bertz CT molecular complexity index is 1030. The summed E-state index contributed by atoms with van der Waals surface area (Å²) in [5.74, 6) is -0.499. The normalized spacial score (nSPS) is 18.1. The van der Waals surface area contributed by atoms with Gasteiger partial charge in [-0.15, -0.1) is 11.3 Å². The molecule has 0 radical (unpaired) electrons. The molecular formula is C19H19N3O3S. The molecule has 0 atom stereocenters. The number of aromatic nitrogens is 1. The highest BCUT2D eigenvalue weighted by Gasteiger charge is 2.36. The number of carbonyl (C=O) groups excluding carboxylic acids is 1. The van der Waals surface area contributed by atoms with Crippen LogP contribution >= 0.6 is 11.3 Å². The van der Waals surface area contributed by atoms with E-state index in [1.807, 2.05) is 28.4 Å². The summed E-state index contributed by atoms with van der Waals surface area (Å²) in [6, 6.07) is 9.83. The first-order valence-corrected chi connectivity index (χ1v) is 9.72. The monoisotopic (exact) mass is 369 g/mol. The lowest BCUT2D eigenvalue weighted by atomic mass is 10.0. The quantitative estimate of drug-likeness (QED) is 0.708. The fraction of sp³-hybridized carbons (Fsp3) is 0.368. The van der Waals surface area contributed by atoms with Crippen LogP contribution in [0.4, 0.5) is 0 Å². The number of rotatable bonds is 3. The molecule has 7 heteroatoms. The molecule has 3 aromatic rings. The number of amides is 1. The Morgan fingerprint density at radius 1 is 1.23 bits per heavy atom. The number of fused-ring (bicyclic) bond motifs is 2. The maximum Gasteiger partial charge on any atom is 0.420 e. The van der Waals surface area contributed by atoms with Crippen molar-refractivity contribution in [3.63, 3.8) is 0 Å². The molecule has 0 saturated carbocycles. The molecule has 134 valence electrons. The Hall–Kier alpha value is -2.38. The third-order valence-electron chi connectivity index (χ3n) is 5.44. The molecule has 0 bridgehead atoms. The highest BCUT2D eigenvalue weighted by atomic mass is 32.1. The molecule has 6 nitrogen and oxygen atoms in total. The topological polar surface area (TPSA) is 58.7 Å². The zero-order valence-electron chi connectivity index (χ0n) is 14.3. The molecule has 0 unspecified atom stereocenters. The molecule has 1 amide bonds. The van der Waals surface area contributed by atoms with Crippen molar-refractivity contribution in [3.8, 4) is 0 Å². The first-order valence-electron chi connectivity index (χ1n) is 8.84. The van der Waals surface area contributed by atoms with Crippen molar-refractivity contribution in [1.82, 2.24) is 14.4 Å². The number of carbonyl (C=O) groups is 1. The van der Waals surface area contributed by atoms with E-state index in [1.165, 1.54) is 15.0 Å². The van der Waals surface area contributed by atoms with Crippen LogP contribution in [0.25, 0.3) is 11.1 Å². The van der Waals surface area contributed by atoms with Gasteiger partial charge in [0.15, 0.2) is 5.58 Å². The summed E-state index contributed by atoms with van der Waals surface area (Å²) in [7, 11) is 0. The highest BCUT2D eigenvalue weighted by molar-refractivity contribution is 7.10. The molecule has 1 aromatic carbocycles. The maximum atomic E-state index is 12.6. The van der Waals surface area contributed by atoms with Crippen molar-refractivity contribution in [2.75, 3.05) is 19.6 Å². The second-order valence-corrected chi connectivity index (χ2v) is 7.96. The maximum absolute atomic E-state index is 12.6. The van der Waals surface area contributed by atoms with E-state index in [2.05, 4.69) is 16.3 Å². The summed E-state index contributed by atoms with van der Waals surface area (Å²) in [4.78, 5) is 30.4. The van der Waals surface area contributed by atoms with Gasteiger partial charge >= 0.3 is 5.76 Å². The van der Waals surface area contributed by atoms with Crippen molar-refractivity contribution in [1.29, 1.82) is 0 Å². The predicted octanol–water partition coefficient (Wildman–Crippen LogP) is 1.93. The van der Waals surface area contributed by atoms with E-state index in [0.29, 0.717) is 17.1 Å². The van der Waals surface area contributed by atoms with Gasteiger partial charge in [0.2, 0.25) is 5.91 Å². The largest absolute Gasteiger partial charge is 0.420 e. The minimum Gasteiger partial charge on any atom is -0.408 e. The van der Waals surface area contributed by atoms with E-state index in [9.17, 15) is 9.59 Å². The number of benzene rings is 1. The van der Waals surface area contributed by atoms with E-state index in [4.69, 9.17) is 4.42 Å². The number of para-hydroxylation sites is 2. The molecule has 2 aromatic heterocycles. The zero-order valence-corrected chi connectivity index (χ0v) is 15.1. The Morgan fingerprint density at radius 2 is 2.08 bits per heavy atom. The summed E-state index contributed by atoms with van der Waals surface area (Å²) in [6.07, 6.45) is 1.11. The van der Waals surface area contributed by atoms with Crippen LogP contribution in [0.2, 0.25) is 0 Å². The third kappa shape index (κ3) is 2.59. The minimum atomic E-state index is -0.474. The van der Waals surface area contributed by atoms with E-state index >= 15 is 0 Å². The lowest BCUT2D eigenvalue weighted by Crippen LogP contribution is -2.62. The summed E-state index contributed by atoms with van der Waals surface area (Å²) in [6.45, 7) is 3.56. The second-order valence-electron chi connectivity index (χ2n) is 6.96. The Kier molecular flexibility index (Phi) is 3.72. The van der Waals surface area contributed by atoms with Gasteiger partial charge < -0.3 is 9.32 Å². The molecule has 1 fully saturated rings. The first kappa shape index (κ1) is 15.8. The van der Waals surface area contributed by atoms with Crippen LogP contribution in [-0.4, -0.2) is 46.0 Å². The van der Waals surface area contributed by atoms with Crippen molar-refractivity contribution in [3.05, 3.63) is 56.7 Å². The van der Waals surface area contributed by atoms with Gasteiger partial charge in [-0.3, -0.25) is 14.3 Å². The van der Waals surface area contributed by atoms with Crippen LogP contribution in [0.3, 0.4) is 0 Å². The van der Waals surface area contributed by atoms with Gasteiger partial charge in [-0.25, -0.2) is 4.79 Å². The summed E-state index contributed by atoms with van der Waals surface area (Å²) in [5.41, 5.74) is 2.62. The smallest absolute Gasteiger partial charge is 0.408 e. The van der Waals surface area contributed by atoms with Gasteiger partial charge in [-0.1, -0.05) is 12.1 Å². The molecule has 4 heterocycles. The van der Waals surface area contributed by atoms with Crippen LogP contribution < -0.4 is 5.76 Å². The Labute approximate surface area is 154 Å². The van der Waals surface area contributed by atoms with Crippen molar-refractivity contribution in [2.45, 2.75) is 25.6 Å². The first-order chi connectivity index (χ1) is 12.7. The number of thiophene rings is 1. The van der Waals surface area contributed by atoms with Gasteiger partial charge in [-0.2, -0.15) is 0 Å². The van der Waals surface area contributed by atoms with E-state index in [-0.39, 0.29) is 12.5 Å². The van der Waals surface area contributed by atoms with Gasteiger partial charge in [0.05, 0.1) is 5.52 Å². The standard InChI is InChI=1S/C19H19N3O3S/c23-18(12-22-15-3-1-2-4-16(15)25-19(22)24)21-10-14(11-21)20-7-5-17-13(9-20)6-8-26-17/h1-4,6,8,14H,5,7,9-12H2. The fourth-order valence-electron chi connectivity index (χ4n) is 3.87. The van der Waals surface area contributed by atoms with E-state index in [1.54, 1.807) is 12.1 Å². The van der Waals surface area contributed by atoms with Crippen molar-refractivity contribution in [2.24, 2.45) is 0 Å². The van der Waals surface area contributed by atoms with Gasteiger partial charge in [0, 0.05) is 37.1 Å². The molecule has 26 heavy (non-hydrogen) atoms. The molecule has 2 aliphatic rings. The molecule has 5 rings (SSSR count). The molecule has 2 aliphatic heterocycles. The second kappa shape index (κ2) is 6.10. The fourth-order valence-corrected chi connectivity index (χ4v) is 4.76. The number of likely N-dealkylation sites (tertiary alicyclic amines) is 1. The lowest BCUT2D eigenvalue weighted by molar-refractivity contribution is -0.139. The minimum absolute atomic E-state index is 0.0249. The molecular weight excluding hydrogens is 350 g/mol. The molecule has 0 N–H and O–H groups in total. The van der Waals surface area contributed by atoms with Crippen molar-refractivity contribution >= 4 is 28.3 Å². The molecule has 1 saturated heterocycles. The number of hydrogen-bond acceptors (Lipinski definition) is 5. The number of oxazole rings is 1. The molecule has 0 spiro atoms. The highest BCUT2D eigenvalue weighted by Crippen LogP contribution is 2.27. The average molecular weight is 369 g/mol. The van der Waals surface area contributed by atoms with Crippen LogP contribution in [0.1, 0.15) is 10.4 Å². The van der Waals surface area contributed by atoms with Crippen LogP contribution in [0.15, 0.2) is 44.9 Å². The predicted molar refractivity (Wildman–Crippen MR) is 99.3 cm³/mol. The number of nitrogens with zero attached hydrogens (tertiary/aromatic N) is 3. The van der Waals surface area contributed by atoms with E-state index in [0.717, 1.165) is 32.6 Å². The Balaban J connectivity index is 1.23. The van der Waals surface area contributed by atoms with Crippen molar-refractivity contribution < 1.29 is 9.21 Å². The SMILES string of the molecule is O=C(Cn1c(=O)oc2ccccc21)N1CC(N2CCc3sccc3C2)C1. The average Bonchev–Trinajstić information content (AvgIpc) is 3.18. The third-order valence-corrected chi connectivity index (χ3v) is 6.46.